The smallest absolute Gasteiger partial charge is 0.229 e. The molecule has 0 spiro atoms. The van der Waals surface area contributed by atoms with Crippen LogP contribution in [0.25, 0.3) is 0 Å². The lowest BCUT2D eigenvalue weighted by Crippen LogP contribution is -2.10. The summed E-state index contributed by atoms with van der Waals surface area (Å²) in [6.45, 7) is 2.01. The lowest BCUT2D eigenvalue weighted by atomic mass is 10.2. The summed E-state index contributed by atoms with van der Waals surface area (Å²) < 4.78 is 5.07. The Morgan fingerprint density at radius 2 is 2.31 bits per heavy atom. The summed E-state index contributed by atoms with van der Waals surface area (Å²) in [5.74, 6) is 1.95. The van der Waals surface area contributed by atoms with Gasteiger partial charge in [-0.25, -0.2) is 0 Å². The van der Waals surface area contributed by atoms with Crippen molar-refractivity contribution >= 4 is 12.4 Å². The van der Waals surface area contributed by atoms with Crippen molar-refractivity contribution in [2.24, 2.45) is 5.73 Å². The third-order valence-electron chi connectivity index (χ3n) is 2.16. The molecule has 1 aromatic heterocycles. The van der Waals surface area contributed by atoms with Gasteiger partial charge in [0.1, 0.15) is 0 Å². The normalized spacial score (nSPS) is 18.0. The van der Waals surface area contributed by atoms with Crippen LogP contribution in [0.1, 0.15) is 49.9 Å². The van der Waals surface area contributed by atoms with Crippen molar-refractivity contribution in [1.29, 1.82) is 0 Å². The highest BCUT2D eigenvalue weighted by Crippen LogP contribution is 2.39. The molecule has 1 unspecified atom stereocenters. The molecule has 0 aliphatic heterocycles. The van der Waals surface area contributed by atoms with Crippen molar-refractivity contribution in [3.05, 3.63) is 11.7 Å². The van der Waals surface area contributed by atoms with Crippen molar-refractivity contribution in [2.75, 3.05) is 0 Å². The van der Waals surface area contributed by atoms with Crippen LogP contribution < -0.4 is 5.73 Å². The molecular formula is C8H14ClN3O. The molecule has 2 rings (SSSR count). The first-order chi connectivity index (χ1) is 5.81. The Hall–Kier alpha value is -0.610. The molecule has 1 aromatic rings. The van der Waals surface area contributed by atoms with Crippen LogP contribution in [-0.2, 0) is 0 Å². The molecule has 1 saturated carbocycles. The van der Waals surface area contributed by atoms with Gasteiger partial charge in [0, 0.05) is 5.92 Å². The van der Waals surface area contributed by atoms with Crippen LogP contribution in [0.2, 0.25) is 0 Å². The SMILES string of the molecule is CCC(N)c1noc(C2CC2)n1.Cl. The van der Waals surface area contributed by atoms with E-state index < -0.39 is 0 Å². The summed E-state index contributed by atoms with van der Waals surface area (Å²) in [7, 11) is 0. The van der Waals surface area contributed by atoms with Crippen molar-refractivity contribution in [3.63, 3.8) is 0 Å². The number of hydrogen-bond donors (Lipinski definition) is 1. The number of nitrogens with two attached hydrogens (primary N) is 1. The first kappa shape index (κ1) is 10.5. The van der Waals surface area contributed by atoms with Gasteiger partial charge in [0.05, 0.1) is 6.04 Å². The largest absolute Gasteiger partial charge is 0.339 e. The zero-order valence-corrected chi connectivity index (χ0v) is 8.38. The van der Waals surface area contributed by atoms with E-state index in [-0.39, 0.29) is 18.4 Å². The minimum atomic E-state index is -0.0683. The van der Waals surface area contributed by atoms with Gasteiger partial charge in [-0.1, -0.05) is 12.1 Å². The molecule has 1 fully saturated rings. The number of hydrogen-bond acceptors (Lipinski definition) is 4. The molecule has 0 aromatic carbocycles. The molecule has 4 nitrogen and oxygen atoms in total. The number of rotatable bonds is 3. The van der Waals surface area contributed by atoms with Crippen molar-refractivity contribution in [3.8, 4) is 0 Å². The highest BCUT2D eigenvalue weighted by atomic mass is 35.5. The van der Waals surface area contributed by atoms with Crippen LogP contribution in [0, 0.1) is 0 Å². The first-order valence-corrected chi connectivity index (χ1v) is 4.40. The Labute approximate surface area is 83.3 Å². The average Bonchev–Trinajstić information content (AvgIpc) is 2.83. The van der Waals surface area contributed by atoms with Crippen LogP contribution in [0.5, 0.6) is 0 Å². The monoisotopic (exact) mass is 203 g/mol. The van der Waals surface area contributed by atoms with Gasteiger partial charge < -0.3 is 10.3 Å². The van der Waals surface area contributed by atoms with E-state index in [0.29, 0.717) is 11.7 Å². The summed E-state index contributed by atoms with van der Waals surface area (Å²) in [5.41, 5.74) is 5.74. The Morgan fingerprint density at radius 1 is 1.62 bits per heavy atom. The Kier molecular flexibility index (Phi) is 3.27. The molecule has 1 aliphatic rings. The van der Waals surface area contributed by atoms with Gasteiger partial charge in [-0.3, -0.25) is 0 Å². The van der Waals surface area contributed by atoms with Crippen LogP contribution in [-0.4, -0.2) is 10.1 Å². The molecule has 1 heterocycles. The molecule has 1 aliphatic carbocycles. The van der Waals surface area contributed by atoms with E-state index in [1.807, 2.05) is 6.92 Å². The second-order valence-electron chi connectivity index (χ2n) is 3.28. The van der Waals surface area contributed by atoms with Crippen LogP contribution >= 0.6 is 12.4 Å². The quantitative estimate of drug-likeness (QED) is 0.814. The lowest BCUT2D eigenvalue weighted by molar-refractivity contribution is 0.370. The van der Waals surface area contributed by atoms with E-state index in [9.17, 15) is 0 Å². The fraction of sp³-hybridized carbons (Fsp3) is 0.750. The van der Waals surface area contributed by atoms with Crippen molar-refractivity contribution < 1.29 is 4.52 Å². The molecule has 0 saturated heterocycles. The molecule has 1 atom stereocenters. The molecule has 0 radical (unpaired) electrons. The predicted octanol–water partition coefficient (Wildman–Crippen LogP) is 1.78. The summed E-state index contributed by atoms with van der Waals surface area (Å²) in [5, 5.41) is 3.84. The van der Waals surface area contributed by atoms with E-state index in [1.165, 1.54) is 12.8 Å². The molecular weight excluding hydrogens is 190 g/mol. The molecule has 2 N–H and O–H groups in total. The molecule has 5 heteroatoms. The van der Waals surface area contributed by atoms with E-state index in [1.54, 1.807) is 0 Å². The lowest BCUT2D eigenvalue weighted by Gasteiger charge is -1.99. The predicted molar refractivity (Wildman–Crippen MR) is 50.7 cm³/mol. The fourth-order valence-corrected chi connectivity index (χ4v) is 1.08. The van der Waals surface area contributed by atoms with E-state index in [4.69, 9.17) is 10.3 Å². The maximum absolute atomic E-state index is 5.74. The van der Waals surface area contributed by atoms with Gasteiger partial charge in [0.2, 0.25) is 5.89 Å². The molecule has 0 bridgehead atoms. The maximum Gasteiger partial charge on any atom is 0.229 e. The zero-order valence-electron chi connectivity index (χ0n) is 7.56. The van der Waals surface area contributed by atoms with Gasteiger partial charge in [0.25, 0.3) is 0 Å². The minimum absolute atomic E-state index is 0. The Balaban J connectivity index is 0.000000845. The summed E-state index contributed by atoms with van der Waals surface area (Å²) in [6.07, 6.45) is 3.22. The van der Waals surface area contributed by atoms with E-state index in [2.05, 4.69) is 10.1 Å². The van der Waals surface area contributed by atoms with Crippen molar-refractivity contribution in [2.45, 2.75) is 38.1 Å². The molecule has 74 valence electrons. The third kappa shape index (κ3) is 2.19. The second-order valence-corrected chi connectivity index (χ2v) is 3.28. The van der Waals surface area contributed by atoms with Gasteiger partial charge in [0.15, 0.2) is 5.82 Å². The highest BCUT2D eigenvalue weighted by Gasteiger charge is 2.30. The van der Waals surface area contributed by atoms with E-state index in [0.717, 1.165) is 12.3 Å². The highest BCUT2D eigenvalue weighted by molar-refractivity contribution is 5.85. The Bertz CT molecular complexity index is 272. The summed E-state index contributed by atoms with van der Waals surface area (Å²) in [4.78, 5) is 4.24. The fourth-order valence-electron chi connectivity index (χ4n) is 1.08. The maximum atomic E-state index is 5.74. The first-order valence-electron chi connectivity index (χ1n) is 4.40. The van der Waals surface area contributed by atoms with Gasteiger partial charge in [-0.15, -0.1) is 12.4 Å². The molecule has 0 amide bonds. The third-order valence-corrected chi connectivity index (χ3v) is 2.16. The number of halogens is 1. The average molecular weight is 204 g/mol. The Morgan fingerprint density at radius 3 is 2.85 bits per heavy atom. The second kappa shape index (κ2) is 4.07. The van der Waals surface area contributed by atoms with Crippen LogP contribution in [0.15, 0.2) is 4.52 Å². The van der Waals surface area contributed by atoms with E-state index >= 15 is 0 Å². The van der Waals surface area contributed by atoms with Gasteiger partial charge in [-0.2, -0.15) is 4.98 Å². The van der Waals surface area contributed by atoms with Gasteiger partial charge in [-0.05, 0) is 19.3 Å². The van der Waals surface area contributed by atoms with Gasteiger partial charge >= 0.3 is 0 Å². The van der Waals surface area contributed by atoms with Crippen LogP contribution in [0.3, 0.4) is 0 Å². The zero-order chi connectivity index (χ0) is 8.55. The summed E-state index contributed by atoms with van der Waals surface area (Å²) >= 11 is 0. The summed E-state index contributed by atoms with van der Waals surface area (Å²) in [6, 6.07) is -0.0683. The number of aromatic nitrogens is 2. The topological polar surface area (TPSA) is 64.9 Å². The minimum Gasteiger partial charge on any atom is -0.339 e. The number of nitrogens with zero attached hydrogens (tertiary/aromatic N) is 2. The van der Waals surface area contributed by atoms with Crippen LogP contribution in [0.4, 0.5) is 0 Å². The standard InChI is InChI=1S/C8H13N3O.ClH/c1-2-6(9)7-10-8(12-11-7)5-3-4-5;/h5-6H,2-4,9H2,1H3;1H. The van der Waals surface area contributed by atoms with Crippen molar-refractivity contribution in [1.82, 2.24) is 10.1 Å². The molecule has 13 heavy (non-hydrogen) atoms.